The number of amides is 2. The number of carbonyl (C=O) groups is 3. The zero-order valence-corrected chi connectivity index (χ0v) is 19.5. The van der Waals surface area contributed by atoms with Crippen LogP contribution in [-0.2, 0) is 9.59 Å². The lowest BCUT2D eigenvalue weighted by molar-refractivity contribution is -0.385. The van der Waals surface area contributed by atoms with Gasteiger partial charge >= 0.3 is 0 Å². The molecular weight excluding hydrogens is 492 g/mol. The maximum Gasteiger partial charge on any atom is 0.271 e. The van der Waals surface area contributed by atoms with Crippen LogP contribution in [0.15, 0.2) is 79.0 Å². The lowest BCUT2D eigenvalue weighted by Crippen LogP contribution is -2.44. The number of rotatable bonds is 5. The van der Waals surface area contributed by atoms with Crippen molar-refractivity contribution in [3.63, 3.8) is 0 Å². The van der Waals surface area contributed by atoms with Crippen LogP contribution in [0.1, 0.15) is 27.5 Å². The van der Waals surface area contributed by atoms with Crippen molar-refractivity contribution in [3.05, 3.63) is 116 Å². The second-order valence-electron chi connectivity index (χ2n) is 9.29. The number of nitrogens with zero attached hydrogens (tertiary/aromatic N) is 4. The molecule has 0 N–H and O–H groups in total. The van der Waals surface area contributed by atoms with E-state index in [1.807, 2.05) is 18.2 Å². The molecular formula is C27H18N4O7. The number of ketones is 1. The number of hydrogen-bond donors (Lipinski definition) is 0. The Morgan fingerprint density at radius 3 is 2.18 bits per heavy atom. The lowest BCUT2D eigenvalue weighted by atomic mass is 9.83. The Balaban J connectivity index is 1.49. The van der Waals surface area contributed by atoms with E-state index in [-0.39, 0.29) is 22.6 Å². The van der Waals surface area contributed by atoms with Crippen molar-refractivity contribution in [2.75, 3.05) is 4.90 Å². The predicted molar refractivity (Wildman–Crippen MR) is 134 cm³/mol. The zero-order valence-electron chi connectivity index (χ0n) is 19.5. The molecule has 0 saturated carbocycles. The van der Waals surface area contributed by atoms with Gasteiger partial charge in [0.15, 0.2) is 5.78 Å². The summed E-state index contributed by atoms with van der Waals surface area (Å²) in [5.74, 6) is -3.79. The van der Waals surface area contributed by atoms with Crippen LogP contribution in [0.2, 0.25) is 0 Å². The van der Waals surface area contributed by atoms with Crippen molar-refractivity contribution in [3.8, 4) is 0 Å². The highest BCUT2D eigenvalue weighted by Gasteiger charge is 2.64. The Bertz CT molecular complexity index is 1600. The molecule has 6 rings (SSSR count). The lowest BCUT2D eigenvalue weighted by Gasteiger charge is -2.35. The number of hydrogen-bond acceptors (Lipinski definition) is 8. The van der Waals surface area contributed by atoms with Gasteiger partial charge in [-0.3, -0.25) is 34.6 Å². The minimum absolute atomic E-state index is 0.0462. The van der Waals surface area contributed by atoms with E-state index >= 15 is 0 Å². The normalized spacial score (nSPS) is 23.2. The van der Waals surface area contributed by atoms with Gasteiger partial charge in [0.25, 0.3) is 11.4 Å². The standard InChI is InChI=1S/C27H18N4O7/c32-25(16-6-3-8-18(13-16)30(35)36)24-22-21(23-20-10-2-1-5-15(20)11-12-28(23)24)26(33)29(27(22)34)17-7-4-9-19(14-17)31(37)38/h1-14,21-24H. The molecule has 38 heavy (non-hydrogen) atoms. The summed E-state index contributed by atoms with van der Waals surface area (Å²) in [7, 11) is 0. The molecule has 188 valence electrons. The van der Waals surface area contributed by atoms with Crippen molar-refractivity contribution in [1.82, 2.24) is 4.90 Å². The maximum atomic E-state index is 13.9. The van der Waals surface area contributed by atoms with Crippen LogP contribution in [0.5, 0.6) is 0 Å². The van der Waals surface area contributed by atoms with Crippen molar-refractivity contribution in [2.24, 2.45) is 11.8 Å². The summed E-state index contributed by atoms with van der Waals surface area (Å²) in [5, 5.41) is 22.7. The molecule has 0 bridgehead atoms. The summed E-state index contributed by atoms with van der Waals surface area (Å²) in [6, 6.07) is 16.1. The Labute approximate surface area is 214 Å². The van der Waals surface area contributed by atoms with E-state index < -0.39 is 51.4 Å². The van der Waals surface area contributed by atoms with Gasteiger partial charge in [-0.1, -0.05) is 42.5 Å². The van der Waals surface area contributed by atoms with Crippen molar-refractivity contribution in [2.45, 2.75) is 12.1 Å². The van der Waals surface area contributed by atoms with Gasteiger partial charge in [0.2, 0.25) is 11.8 Å². The molecule has 3 aliphatic rings. The third kappa shape index (κ3) is 3.32. The number of nitro groups is 2. The number of anilines is 1. The number of non-ortho nitro benzene ring substituents is 2. The molecule has 3 aromatic carbocycles. The predicted octanol–water partition coefficient (Wildman–Crippen LogP) is 3.90. The highest BCUT2D eigenvalue weighted by Crippen LogP contribution is 2.53. The first-order chi connectivity index (χ1) is 18.3. The average Bonchev–Trinajstić information content (AvgIpc) is 3.40. The van der Waals surface area contributed by atoms with E-state index in [0.717, 1.165) is 28.2 Å². The SMILES string of the molecule is O=C(c1cccc([N+](=O)[O-])c1)C1C2C(=O)N(c3cccc([N+](=O)[O-])c3)C(=O)C2C2c3ccccc3C=CN12. The van der Waals surface area contributed by atoms with Gasteiger partial charge in [0.05, 0.1) is 33.4 Å². The maximum absolute atomic E-state index is 13.9. The molecule has 3 aromatic rings. The number of imide groups is 1. The minimum Gasteiger partial charge on any atom is -0.358 e. The van der Waals surface area contributed by atoms with E-state index in [1.165, 1.54) is 36.4 Å². The molecule has 3 aliphatic heterocycles. The van der Waals surface area contributed by atoms with Crippen molar-refractivity contribution >= 4 is 40.7 Å². The number of fused-ring (bicyclic) bond motifs is 5. The summed E-state index contributed by atoms with van der Waals surface area (Å²) in [4.78, 5) is 65.7. The average molecular weight is 510 g/mol. The van der Waals surface area contributed by atoms with Crippen molar-refractivity contribution in [1.29, 1.82) is 0 Å². The van der Waals surface area contributed by atoms with Crippen LogP contribution in [-0.4, -0.2) is 38.4 Å². The van der Waals surface area contributed by atoms with Crippen LogP contribution in [0, 0.1) is 32.1 Å². The third-order valence-corrected chi connectivity index (χ3v) is 7.37. The summed E-state index contributed by atoms with van der Waals surface area (Å²) < 4.78 is 0. The quantitative estimate of drug-likeness (QED) is 0.218. The van der Waals surface area contributed by atoms with E-state index in [9.17, 15) is 34.6 Å². The number of carbonyl (C=O) groups excluding carboxylic acids is 3. The van der Waals surface area contributed by atoms with Crippen LogP contribution in [0.4, 0.5) is 17.1 Å². The van der Waals surface area contributed by atoms with Crippen LogP contribution in [0.3, 0.4) is 0 Å². The summed E-state index contributed by atoms with van der Waals surface area (Å²) in [6.07, 6.45) is 3.48. The van der Waals surface area contributed by atoms with E-state index in [1.54, 1.807) is 23.2 Å². The van der Waals surface area contributed by atoms with E-state index in [0.29, 0.717) is 0 Å². The van der Waals surface area contributed by atoms with Gasteiger partial charge in [0.1, 0.15) is 6.04 Å². The highest BCUT2D eigenvalue weighted by atomic mass is 16.6. The Hall–Kier alpha value is -5.19. The van der Waals surface area contributed by atoms with Crippen LogP contribution >= 0.6 is 0 Å². The van der Waals surface area contributed by atoms with Gasteiger partial charge in [-0.05, 0) is 23.3 Å². The molecule has 0 aromatic heterocycles. The fourth-order valence-electron chi connectivity index (χ4n) is 5.80. The molecule has 2 amide bonds. The Morgan fingerprint density at radius 1 is 0.789 bits per heavy atom. The van der Waals surface area contributed by atoms with Crippen molar-refractivity contribution < 1.29 is 24.2 Å². The molecule has 0 radical (unpaired) electrons. The number of benzene rings is 3. The first-order valence-corrected chi connectivity index (χ1v) is 11.7. The van der Waals surface area contributed by atoms with Crippen LogP contribution in [0.25, 0.3) is 6.08 Å². The van der Waals surface area contributed by atoms with Crippen LogP contribution < -0.4 is 4.90 Å². The van der Waals surface area contributed by atoms with Gasteiger partial charge in [-0.25, -0.2) is 4.90 Å². The molecule has 4 atom stereocenters. The summed E-state index contributed by atoms with van der Waals surface area (Å²) >= 11 is 0. The first-order valence-electron chi connectivity index (χ1n) is 11.7. The van der Waals surface area contributed by atoms with Gasteiger partial charge in [-0.2, -0.15) is 0 Å². The topological polar surface area (TPSA) is 144 Å². The molecule has 0 aliphatic carbocycles. The monoisotopic (exact) mass is 510 g/mol. The fraction of sp³-hybridized carbons (Fsp3) is 0.148. The molecule has 11 heteroatoms. The molecule has 2 fully saturated rings. The Kier molecular flexibility index (Phi) is 5.16. The number of nitro benzene ring substituents is 2. The smallest absolute Gasteiger partial charge is 0.271 e. The Morgan fingerprint density at radius 2 is 1.45 bits per heavy atom. The molecule has 11 nitrogen and oxygen atoms in total. The van der Waals surface area contributed by atoms with Gasteiger partial charge in [0, 0.05) is 36.0 Å². The zero-order chi connectivity index (χ0) is 26.7. The minimum atomic E-state index is -1.11. The summed E-state index contributed by atoms with van der Waals surface area (Å²) in [5.41, 5.74) is 1.15. The molecule has 2 saturated heterocycles. The number of Topliss-reactive ketones (excluding diaryl/α,β-unsaturated/α-hetero) is 1. The highest BCUT2D eigenvalue weighted by molar-refractivity contribution is 6.24. The molecule has 3 heterocycles. The first kappa shape index (κ1) is 23.2. The van der Waals surface area contributed by atoms with Gasteiger partial charge in [-0.15, -0.1) is 0 Å². The van der Waals surface area contributed by atoms with E-state index in [2.05, 4.69) is 0 Å². The summed E-state index contributed by atoms with van der Waals surface area (Å²) in [6.45, 7) is 0. The fourth-order valence-corrected chi connectivity index (χ4v) is 5.80. The largest absolute Gasteiger partial charge is 0.358 e. The second-order valence-corrected chi connectivity index (χ2v) is 9.29. The van der Waals surface area contributed by atoms with Gasteiger partial charge < -0.3 is 4.90 Å². The molecule has 4 unspecified atom stereocenters. The molecule has 0 spiro atoms. The second kappa shape index (κ2) is 8.44. The van der Waals surface area contributed by atoms with E-state index in [4.69, 9.17) is 0 Å². The third-order valence-electron chi connectivity index (χ3n) is 7.37.